The molecule has 0 saturated heterocycles. The van der Waals surface area contributed by atoms with Gasteiger partial charge in [-0.15, -0.1) is 0 Å². The van der Waals surface area contributed by atoms with E-state index in [1.54, 1.807) is 18.3 Å². The second kappa shape index (κ2) is 3.84. The van der Waals surface area contributed by atoms with E-state index in [1.165, 1.54) is 4.57 Å². The molecule has 0 aromatic carbocycles. The lowest BCUT2D eigenvalue weighted by Crippen LogP contribution is -2.28. The SMILES string of the molecule is NC[C@@H]1C=C[C@H](n2ccc(N)nc2=O)O1. The molecule has 0 bridgehead atoms. The number of anilines is 1. The van der Waals surface area contributed by atoms with Crippen LogP contribution in [0.25, 0.3) is 0 Å². The smallest absolute Gasteiger partial charge is 0.351 e. The molecule has 1 aliphatic heterocycles. The van der Waals surface area contributed by atoms with Crippen molar-refractivity contribution >= 4 is 5.82 Å². The summed E-state index contributed by atoms with van der Waals surface area (Å²) in [6, 6.07) is 1.55. The molecule has 1 aromatic heterocycles. The molecule has 4 N–H and O–H groups in total. The Morgan fingerprint density at radius 3 is 2.93 bits per heavy atom. The van der Waals surface area contributed by atoms with Gasteiger partial charge in [-0.1, -0.05) is 6.08 Å². The molecule has 2 heterocycles. The monoisotopic (exact) mass is 208 g/mol. The Balaban J connectivity index is 2.25. The summed E-state index contributed by atoms with van der Waals surface area (Å²) in [5, 5.41) is 0. The van der Waals surface area contributed by atoms with Crippen LogP contribution >= 0.6 is 0 Å². The summed E-state index contributed by atoms with van der Waals surface area (Å²) in [5.74, 6) is 0.202. The molecule has 0 radical (unpaired) electrons. The Hall–Kier alpha value is -1.66. The lowest BCUT2D eigenvalue weighted by Gasteiger charge is -2.14. The van der Waals surface area contributed by atoms with Crippen molar-refractivity contribution in [1.29, 1.82) is 0 Å². The van der Waals surface area contributed by atoms with Gasteiger partial charge in [-0.25, -0.2) is 4.79 Å². The van der Waals surface area contributed by atoms with Crippen LogP contribution in [-0.4, -0.2) is 22.2 Å². The van der Waals surface area contributed by atoms with Gasteiger partial charge in [-0.3, -0.25) is 4.57 Å². The van der Waals surface area contributed by atoms with Crippen LogP contribution in [0, 0.1) is 0 Å². The van der Waals surface area contributed by atoms with E-state index >= 15 is 0 Å². The molecule has 6 heteroatoms. The zero-order valence-corrected chi connectivity index (χ0v) is 8.04. The van der Waals surface area contributed by atoms with E-state index in [4.69, 9.17) is 16.2 Å². The second-order valence-corrected chi connectivity index (χ2v) is 3.23. The van der Waals surface area contributed by atoms with E-state index in [0.717, 1.165) is 0 Å². The number of rotatable bonds is 2. The second-order valence-electron chi connectivity index (χ2n) is 3.23. The third-order valence-corrected chi connectivity index (χ3v) is 2.16. The highest BCUT2D eigenvalue weighted by Gasteiger charge is 2.20. The number of aromatic nitrogens is 2. The molecule has 0 amide bonds. The van der Waals surface area contributed by atoms with Gasteiger partial charge in [-0.2, -0.15) is 4.98 Å². The molecule has 80 valence electrons. The fourth-order valence-electron chi connectivity index (χ4n) is 1.40. The molecule has 6 nitrogen and oxygen atoms in total. The fraction of sp³-hybridized carbons (Fsp3) is 0.333. The molecule has 0 fully saturated rings. The summed E-state index contributed by atoms with van der Waals surface area (Å²) in [4.78, 5) is 15.1. The number of hydrogen-bond acceptors (Lipinski definition) is 5. The van der Waals surface area contributed by atoms with Gasteiger partial charge in [0, 0.05) is 12.7 Å². The van der Waals surface area contributed by atoms with Crippen molar-refractivity contribution in [1.82, 2.24) is 9.55 Å². The van der Waals surface area contributed by atoms with Crippen LogP contribution in [0.2, 0.25) is 0 Å². The Kier molecular flexibility index (Phi) is 2.53. The fourth-order valence-corrected chi connectivity index (χ4v) is 1.40. The summed E-state index contributed by atoms with van der Waals surface area (Å²) in [5.41, 5.74) is 10.4. The van der Waals surface area contributed by atoms with Gasteiger partial charge in [0.2, 0.25) is 0 Å². The molecular weight excluding hydrogens is 196 g/mol. The normalized spacial score (nSPS) is 24.6. The summed E-state index contributed by atoms with van der Waals surface area (Å²) < 4.78 is 6.83. The lowest BCUT2D eigenvalue weighted by molar-refractivity contribution is 0.0200. The van der Waals surface area contributed by atoms with Crippen molar-refractivity contribution in [3.63, 3.8) is 0 Å². The van der Waals surface area contributed by atoms with Gasteiger partial charge in [-0.05, 0) is 12.1 Å². The van der Waals surface area contributed by atoms with Gasteiger partial charge in [0.15, 0.2) is 6.23 Å². The van der Waals surface area contributed by atoms with Crippen LogP contribution in [0.15, 0.2) is 29.2 Å². The van der Waals surface area contributed by atoms with Crippen LogP contribution in [0.4, 0.5) is 5.82 Å². The first-order valence-electron chi connectivity index (χ1n) is 4.59. The minimum Gasteiger partial charge on any atom is -0.383 e. The Morgan fingerprint density at radius 2 is 2.33 bits per heavy atom. The zero-order chi connectivity index (χ0) is 10.8. The third kappa shape index (κ3) is 1.90. The van der Waals surface area contributed by atoms with Crippen LogP contribution in [-0.2, 0) is 4.74 Å². The minimum atomic E-state index is -0.431. The van der Waals surface area contributed by atoms with Gasteiger partial charge < -0.3 is 16.2 Å². The average Bonchev–Trinajstić information content (AvgIpc) is 2.66. The van der Waals surface area contributed by atoms with E-state index in [0.29, 0.717) is 6.54 Å². The van der Waals surface area contributed by atoms with E-state index in [-0.39, 0.29) is 11.9 Å². The van der Waals surface area contributed by atoms with Gasteiger partial charge in [0.1, 0.15) is 5.82 Å². The minimum absolute atomic E-state index is 0.139. The Bertz CT molecular complexity index is 440. The van der Waals surface area contributed by atoms with E-state index in [1.807, 2.05) is 6.08 Å². The molecule has 0 unspecified atom stereocenters. The van der Waals surface area contributed by atoms with Crippen molar-refractivity contribution in [3.8, 4) is 0 Å². The number of ether oxygens (including phenoxy) is 1. The highest BCUT2D eigenvalue weighted by atomic mass is 16.5. The molecule has 15 heavy (non-hydrogen) atoms. The summed E-state index contributed by atoms with van der Waals surface area (Å²) in [6.45, 7) is 0.393. The highest BCUT2D eigenvalue weighted by molar-refractivity contribution is 5.23. The summed E-state index contributed by atoms with van der Waals surface area (Å²) in [7, 11) is 0. The first-order chi connectivity index (χ1) is 7.20. The molecule has 2 rings (SSSR count). The maximum Gasteiger partial charge on any atom is 0.351 e. The standard InChI is InChI=1S/C9H12N4O2/c10-5-6-1-2-8(15-6)13-4-3-7(11)12-9(13)14/h1-4,6,8H,5,10H2,(H2,11,12,14)/t6-,8+/m0/s1. The molecule has 0 spiro atoms. The lowest BCUT2D eigenvalue weighted by atomic mass is 10.3. The molecule has 1 aliphatic rings. The van der Waals surface area contributed by atoms with Crippen LogP contribution < -0.4 is 17.2 Å². The van der Waals surface area contributed by atoms with Gasteiger partial charge in [0.05, 0.1) is 6.10 Å². The maximum absolute atomic E-state index is 11.4. The predicted molar refractivity (Wildman–Crippen MR) is 55.0 cm³/mol. The van der Waals surface area contributed by atoms with Crippen LogP contribution in [0.5, 0.6) is 0 Å². The average molecular weight is 208 g/mol. The molecule has 0 aliphatic carbocycles. The van der Waals surface area contributed by atoms with Crippen molar-refractivity contribution in [2.45, 2.75) is 12.3 Å². The number of nitrogen functional groups attached to an aromatic ring is 1. The van der Waals surface area contributed by atoms with Gasteiger partial charge >= 0.3 is 5.69 Å². The Morgan fingerprint density at radius 1 is 1.53 bits per heavy atom. The molecular formula is C9H12N4O2. The van der Waals surface area contributed by atoms with Crippen molar-refractivity contribution in [2.75, 3.05) is 12.3 Å². The van der Waals surface area contributed by atoms with Gasteiger partial charge in [0.25, 0.3) is 0 Å². The van der Waals surface area contributed by atoms with Crippen molar-refractivity contribution in [2.24, 2.45) is 5.73 Å². The zero-order valence-electron chi connectivity index (χ0n) is 8.04. The predicted octanol–water partition coefficient (Wildman–Crippen LogP) is -0.762. The molecule has 2 atom stereocenters. The summed E-state index contributed by atoms with van der Waals surface area (Å²) >= 11 is 0. The quantitative estimate of drug-likeness (QED) is 0.622. The molecule has 0 saturated carbocycles. The Labute approximate surface area is 86.2 Å². The molecule has 1 aromatic rings. The summed E-state index contributed by atoms with van der Waals surface area (Å²) in [6.07, 6.45) is 4.58. The largest absolute Gasteiger partial charge is 0.383 e. The number of hydrogen-bond donors (Lipinski definition) is 2. The van der Waals surface area contributed by atoms with Crippen LogP contribution in [0.1, 0.15) is 6.23 Å². The van der Waals surface area contributed by atoms with E-state index < -0.39 is 11.9 Å². The van der Waals surface area contributed by atoms with E-state index in [2.05, 4.69) is 4.98 Å². The van der Waals surface area contributed by atoms with E-state index in [9.17, 15) is 4.79 Å². The first-order valence-corrected chi connectivity index (χ1v) is 4.59. The third-order valence-electron chi connectivity index (χ3n) is 2.16. The first kappa shape index (κ1) is 9.88. The van der Waals surface area contributed by atoms with Crippen molar-refractivity contribution < 1.29 is 4.74 Å². The maximum atomic E-state index is 11.4. The number of nitrogens with zero attached hydrogens (tertiary/aromatic N) is 2. The topological polar surface area (TPSA) is 96.2 Å². The van der Waals surface area contributed by atoms with Crippen molar-refractivity contribution in [3.05, 3.63) is 34.9 Å². The van der Waals surface area contributed by atoms with Crippen LogP contribution in [0.3, 0.4) is 0 Å². The number of nitrogens with two attached hydrogens (primary N) is 2. The highest BCUT2D eigenvalue weighted by Crippen LogP contribution is 2.18.